The molecule has 0 unspecified atom stereocenters. The fourth-order valence-electron chi connectivity index (χ4n) is 4.38. The third-order valence-corrected chi connectivity index (χ3v) is 10.2. The zero-order valence-electron chi connectivity index (χ0n) is 22.9. The Morgan fingerprint density at radius 3 is 2.20 bits per heavy atom. The predicted octanol–water partition coefficient (Wildman–Crippen LogP) is 3.79. The molecule has 2 aromatic carbocycles. The van der Waals surface area contributed by atoms with Crippen LogP contribution in [0.4, 0.5) is 23.0 Å². The molecule has 0 saturated carbocycles. The molecule has 0 atom stereocenters. The average molecular weight is 584 g/mol. The van der Waals surface area contributed by atoms with Crippen molar-refractivity contribution in [1.82, 2.24) is 18.8 Å². The lowest BCUT2D eigenvalue weighted by molar-refractivity contribution is 0.388. The molecular weight excluding hydrogens is 550 g/mol. The fourth-order valence-corrected chi connectivity index (χ4v) is 5.95. The number of nitrogens with one attached hydrogen (secondary N) is 2. The SMILES string of the molecule is CC(C)(C)S(=O)(=O)Nc1cccc(-n2ccc3cnc(Nc4ccc(N5CCN(S(C)(=O)=O)CC5)cc4)nc32)c1. The average Bonchev–Trinajstić information content (AvgIpc) is 3.31. The molecule has 1 fully saturated rings. The first-order chi connectivity index (χ1) is 18.8. The van der Waals surface area contributed by atoms with Crippen molar-refractivity contribution >= 4 is 54.1 Å². The maximum atomic E-state index is 12.6. The Morgan fingerprint density at radius 1 is 0.850 bits per heavy atom. The van der Waals surface area contributed by atoms with Gasteiger partial charge in [-0.1, -0.05) is 6.07 Å². The van der Waals surface area contributed by atoms with Crippen molar-refractivity contribution in [3.8, 4) is 5.69 Å². The molecule has 1 aliphatic heterocycles. The van der Waals surface area contributed by atoms with E-state index in [2.05, 4.69) is 19.9 Å². The number of nitrogens with zero attached hydrogens (tertiary/aromatic N) is 5. The van der Waals surface area contributed by atoms with Gasteiger partial charge in [0, 0.05) is 61.0 Å². The van der Waals surface area contributed by atoms with Gasteiger partial charge in [0.25, 0.3) is 0 Å². The second kappa shape index (κ2) is 10.4. The first kappa shape index (κ1) is 27.9. The molecule has 13 heteroatoms. The van der Waals surface area contributed by atoms with E-state index in [1.54, 1.807) is 45.2 Å². The third-order valence-electron chi connectivity index (χ3n) is 6.81. The van der Waals surface area contributed by atoms with Crippen LogP contribution in [0.25, 0.3) is 16.7 Å². The van der Waals surface area contributed by atoms with Gasteiger partial charge in [-0.2, -0.15) is 9.29 Å². The van der Waals surface area contributed by atoms with E-state index in [0.717, 1.165) is 22.4 Å². The monoisotopic (exact) mass is 583 g/mol. The van der Waals surface area contributed by atoms with Crippen LogP contribution < -0.4 is 14.9 Å². The molecule has 5 rings (SSSR count). The Morgan fingerprint density at radius 2 is 1.55 bits per heavy atom. The van der Waals surface area contributed by atoms with Gasteiger partial charge in [0.1, 0.15) is 5.65 Å². The van der Waals surface area contributed by atoms with Crippen molar-refractivity contribution in [1.29, 1.82) is 0 Å². The van der Waals surface area contributed by atoms with Gasteiger partial charge < -0.3 is 14.8 Å². The van der Waals surface area contributed by atoms with Gasteiger partial charge in [-0.15, -0.1) is 0 Å². The molecule has 0 amide bonds. The second-order valence-corrected chi connectivity index (χ2v) is 15.2. The summed E-state index contributed by atoms with van der Waals surface area (Å²) in [5, 5.41) is 4.09. The van der Waals surface area contributed by atoms with Gasteiger partial charge in [0.05, 0.1) is 16.7 Å². The molecule has 2 N–H and O–H groups in total. The highest BCUT2D eigenvalue weighted by atomic mass is 32.2. The smallest absolute Gasteiger partial charge is 0.237 e. The summed E-state index contributed by atoms with van der Waals surface area (Å²) < 4.78 is 53.9. The highest BCUT2D eigenvalue weighted by molar-refractivity contribution is 7.94. The van der Waals surface area contributed by atoms with Gasteiger partial charge in [0.2, 0.25) is 26.0 Å². The standard InChI is InChI=1S/C27H33N7O4S2/c1-27(2,3)40(37,38)31-22-6-5-7-24(18-22)34-13-12-20-19-28-26(30-25(20)34)29-21-8-10-23(11-9-21)32-14-16-33(17-15-32)39(4,35)36/h5-13,18-19,31H,14-17H2,1-4H3,(H,28,29,30). The van der Waals surface area contributed by atoms with Crippen LogP contribution in [-0.2, 0) is 20.0 Å². The van der Waals surface area contributed by atoms with E-state index in [0.29, 0.717) is 43.5 Å². The van der Waals surface area contributed by atoms with Crippen molar-refractivity contribution in [2.75, 3.05) is 47.4 Å². The molecular formula is C27H33N7O4S2. The summed E-state index contributed by atoms with van der Waals surface area (Å²) in [4.78, 5) is 11.3. The summed E-state index contributed by atoms with van der Waals surface area (Å²) >= 11 is 0. The molecule has 1 saturated heterocycles. The van der Waals surface area contributed by atoms with Crippen LogP contribution >= 0.6 is 0 Å². The van der Waals surface area contributed by atoms with Gasteiger partial charge in [-0.05, 0) is 69.3 Å². The number of hydrogen-bond donors (Lipinski definition) is 2. The summed E-state index contributed by atoms with van der Waals surface area (Å²) in [5.74, 6) is 0.423. The number of rotatable bonds is 7. The van der Waals surface area contributed by atoms with Gasteiger partial charge >= 0.3 is 0 Å². The summed E-state index contributed by atoms with van der Waals surface area (Å²) in [6.07, 6.45) is 4.86. The summed E-state index contributed by atoms with van der Waals surface area (Å²) in [5.41, 5.74) is 3.74. The predicted molar refractivity (Wildman–Crippen MR) is 160 cm³/mol. The number of fused-ring (bicyclic) bond motifs is 1. The molecule has 2 aromatic heterocycles. The van der Waals surface area contributed by atoms with Crippen LogP contribution in [-0.4, -0.2) is 72.9 Å². The summed E-state index contributed by atoms with van der Waals surface area (Å²) in [6.45, 7) is 7.17. The van der Waals surface area contributed by atoms with Crippen molar-refractivity contribution in [3.05, 3.63) is 67.0 Å². The van der Waals surface area contributed by atoms with Crippen molar-refractivity contribution in [2.24, 2.45) is 0 Å². The van der Waals surface area contributed by atoms with Gasteiger partial charge in [-0.25, -0.2) is 21.8 Å². The van der Waals surface area contributed by atoms with Crippen molar-refractivity contribution < 1.29 is 16.8 Å². The molecule has 4 aromatic rings. The first-order valence-electron chi connectivity index (χ1n) is 12.8. The minimum absolute atomic E-state index is 0.423. The Bertz CT molecular complexity index is 1740. The van der Waals surface area contributed by atoms with E-state index in [4.69, 9.17) is 4.98 Å². The fraction of sp³-hybridized carbons (Fsp3) is 0.333. The number of aromatic nitrogens is 3. The van der Waals surface area contributed by atoms with Crippen molar-refractivity contribution in [2.45, 2.75) is 25.5 Å². The maximum absolute atomic E-state index is 12.6. The molecule has 0 spiro atoms. The van der Waals surface area contributed by atoms with Gasteiger partial charge in [0.15, 0.2) is 0 Å². The highest BCUT2D eigenvalue weighted by Gasteiger charge is 2.29. The number of sulfonamides is 2. The van der Waals surface area contributed by atoms with E-state index in [1.165, 1.54) is 10.6 Å². The summed E-state index contributed by atoms with van der Waals surface area (Å²) in [6, 6.07) is 16.9. The van der Waals surface area contributed by atoms with Crippen LogP contribution in [0.15, 0.2) is 67.0 Å². The highest BCUT2D eigenvalue weighted by Crippen LogP contribution is 2.26. The number of benzene rings is 2. The number of hydrogen-bond acceptors (Lipinski definition) is 8. The van der Waals surface area contributed by atoms with Crippen LogP contribution in [0.3, 0.4) is 0 Å². The first-order valence-corrected chi connectivity index (χ1v) is 16.2. The van der Waals surface area contributed by atoms with Crippen LogP contribution in [0.5, 0.6) is 0 Å². The van der Waals surface area contributed by atoms with Gasteiger partial charge in [-0.3, -0.25) is 4.72 Å². The largest absolute Gasteiger partial charge is 0.369 e. The summed E-state index contributed by atoms with van der Waals surface area (Å²) in [7, 11) is -6.73. The molecule has 0 bridgehead atoms. The topological polar surface area (TPSA) is 130 Å². The van der Waals surface area contributed by atoms with Crippen LogP contribution in [0.2, 0.25) is 0 Å². The molecule has 11 nitrogen and oxygen atoms in total. The Balaban J connectivity index is 1.32. The lowest BCUT2D eigenvalue weighted by Gasteiger charge is -2.34. The van der Waals surface area contributed by atoms with E-state index in [9.17, 15) is 16.8 Å². The second-order valence-electron chi connectivity index (χ2n) is 10.7. The van der Waals surface area contributed by atoms with E-state index in [-0.39, 0.29) is 0 Å². The number of piperazine rings is 1. The minimum atomic E-state index is -3.56. The van der Waals surface area contributed by atoms with Crippen molar-refractivity contribution in [3.63, 3.8) is 0 Å². The molecule has 1 aliphatic rings. The van der Waals surface area contributed by atoms with E-state index >= 15 is 0 Å². The Hall–Kier alpha value is -3.68. The zero-order valence-corrected chi connectivity index (χ0v) is 24.5. The Labute approximate surface area is 235 Å². The number of anilines is 4. The van der Waals surface area contributed by atoms with Crippen LogP contribution in [0, 0.1) is 0 Å². The zero-order chi connectivity index (χ0) is 28.7. The molecule has 40 heavy (non-hydrogen) atoms. The normalized spacial score (nSPS) is 15.3. The quantitative estimate of drug-likeness (QED) is 0.336. The molecule has 0 aliphatic carbocycles. The minimum Gasteiger partial charge on any atom is -0.369 e. The maximum Gasteiger partial charge on any atom is 0.237 e. The van der Waals surface area contributed by atoms with Crippen LogP contribution in [0.1, 0.15) is 20.8 Å². The molecule has 0 radical (unpaired) electrons. The molecule has 212 valence electrons. The lowest BCUT2D eigenvalue weighted by atomic mass is 10.2. The molecule has 3 heterocycles. The van der Waals surface area contributed by atoms with E-state index < -0.39 is 24.8 Å². The van der Waals surface area contributed by atoms with E-state index in [1.807, 2.05) is 47.2 Å². The lowest BCUT2D eigenvalue weighted by Crippen LogP contribution is -2.48. The Kier molecular flexibility index (Phi) is 7.23. The third kappa shape index (κ3) is 5.91.